The molecule has 0 aliphatic carbocycles. The number of hydrogen-bond acceptors (Lipinski definition) is 4. The van der Waals surface area contributed by atoms with Gasteiger partial charge in [-0.25, -0.2) is 5.84 Å². The molecule has 1 rings (SSSR count). The molecule has 1 aromatic rings. The second-order valence-corrected chi connectivity index (χ2v) is 5.49. The van der Waals surface area contributed by atoms with E-state index in [1.54, 1.807) is 0 Å². The fraction of sp³-hybridized carbons (Fsp3) is 0.462. The van der Waals surface area contributed by atoms with Gasteiger partial charge in [-0.05, 0) is 25.0 Å². The van der Waals surface area contributed by atoms with Gasteiger partial charge < -0.3 is 5.73 Å². The number of nitrogens with one attached hydrogen (secondary N) is 1. The van der Waals surface area contributed by atoms with E-state index in [0.717, 1.165) is 17.1 Å². The number of hydrogen-bond donors (Lipinski definition) is 3. The first-order valence-corrected chi connectivity index (χ1v) is 7.12. The van der Waals surface area contributed by atoms with E-state index >= 15 is 0 Å². The summed E-state index contributed by atoms with van der Waals surface area (Å²) in [5.41, 5.74) is 10.1. The topological polar surface area (TPSA) is 81.1 Å². The third-order valence-electron chi connectivity index (χ3n) is 2.66. The number of carbonyl (C=O) groups is 1. The molecule has 2 unspecified atom stereocenters. The van der Waals surface area contributed by atoms with Crippen LogP contribution in [0.15, 0.2) is 24.3 Å². The smallest absolute Gasteiger partial charge is 0.241 e. The minimum Gasteiger partial charge on any atom is -0.327 e. The number of amides is 1. The normalized spacial score (nSPS) is 14.0. The van der Waals surface area contributed by atoms with E-state index in [9.17, 15) is 4.79 Å². The molecular weight excluding hydrogens is 246 g/mol. The maximum atomic E-state index is 11.4. The lowest BCUT2D eigenvalue weighted by molar-refractivity contribution is -0.122. The summed E-state index contributed by atoms with van der Waals surface area (Å²) in [7, 11) is 0. The molecule has 18 heavy (non-hydrogen) atoms. The average molecular weight is 267 g/mol. The summed E-state index contributed by atoms with van der Waals surface area (Å²) in [5.74, 6) is 6.62. The summed E-state index contributed by atoms with van der Waals surface area (Å²) in [6.07, 6.45) is 0. The number of thioether (sulfide) groups is 1. The van der Waals surface area contributed by atoms with Gasteiger partial charge in [0.1, 0.15) is 0 Å². The number of rotatable bonds is 6. The van der Waals surface area contributed by atoms with Crippen LogP contribution in [0.1, 0.15) is 30.9 Å². The summed E-state index contributed by atoms with van der Waals surface area (Å²) in [4.78, 5) is 11.4. The van der Waals surface area contributed by atoms with E-state index in [0.29, 0.717) is 0 Å². The van der Waals surface area contributed by atoms with Crippen LogP contribution in [0.4, 0.5) is 0 Å². The van der Waals surface area contributed by atoms with Crippen LogP contribution < -0.4 is 17.0 Å². The first-order chi connectivity index (χ1) is 8.54. The van der Waals surface area contributed by atoms with Crippen LogP contribution in [0.25, 0.3) is 0 Å². The van der Waals surface area contributed by atoms with Crippen molar-refractivity contribution in [2.75, 3.05) is 5.75 Å². The predicted octanol–water partition coefficient (Wildman–Crippen LogP) is 1.36. The van der Waals surface area contributed by atoms with Crippen LogP contribution in [0.2, 0.25) is 0 Å². The monoisotopic (exact) mass is 267 g/mol. The van der Waals surface area contributed by atoms with E-state index in [1.807, 2.05) is 49.9 Å². The second kappa shape index (κ2) is 7.41. The van der Waals surface area contributed by atoms with Crippen LogP contribution in [0, 0.1) is 0 Å². The van der Waals surface area contributed by atoms with Gasteiger partial charge in [-0.1, -0.05) is 24.3 Å². The lowest BCUT2D eigenvalue weighted by Gasteiger charge is -2.11. The Bertz CT molecular complexity index is 378. The maximum Gasteiger partial charge on any atom is 0.241 e. The molecule has 1 aromatic carbocycles. The molecule has 1 amide bonds. The molecular formula is C13H21N3OS. The molecule has 2 atom stereocenters. The molecule has 5 heteroatoms. The zero-order valence-corrected chi connectivity index (χ0v) is 11.7. The third-order valence-corrected chi connectivity index (χ3v) is 3.96. The highest BCUT2D eigenvalue weighted by Gasteiger charge is 2.13. The predicted molar refractivity (Wildman–Crippen MR) is 77.0 cm³/mol. The van der Waals surface area contributed by atoms with Gasteiger partial charge in [0.25, 0.3) is 0 Å². The molecule has 0 bridgehead atoms. The van der Waals surface area contributed by atoms with Gasteiger partial charge in [0.2, 0.25) is 5.91 Å². The summed E-state index contributed by atoms with van der Waals surface area (Å²) in [6.45, 7) is 3.84. The molecule has 4 nitrogen and oxygen atoms in total. The molecule has 0 saturated heterocycles. The summed E-state index contributed by atoms with van der Waals surface area (Å²) >= 11 is 1.82. The SMILES string of the molecule is CC(N)CSCc1ccc(C(C)C(=O)NN)cc1. The van der Waals surface area contributed by atoms with E-state index < -0.39 is 0 Å². The Balaban J connectivity index is 2.54. The molecule has 0 fully saturated rings. The minimum atomic E-state index is -0.222. The Kier molecular flexibility index (Phi) is 6.18. The first-order valence-electron chi connectivity index (χ1n) is 5.97. The zero-order valence-electron chi connectivity index (χ0n) is 10.8. The highest BCUT2D eigenvalue weighted by atomic mass is 32.2. The largest absolute Gasteiger partial charge is 0.327 e. The molecule has 0 aliphatic rings. The fourth-order valence-electron chi connectivity index (χ4n) is 1.54. The standard InChI is InChI=1S/C13H21N3OS/c1-9(14)7-18-8-11-3-5-12(6-4-11)10(2)13(17)16-15/h3-6,9-10H,7-8,14-15H2,1-2H3,(H,16,17). The molecule has 0 aromatic heterocycles. The van der Waals surface area contributed by atoms with Crippen LogP contribution in [0.5, 0.6) is 0 Å². The van der Waals surface area contributed by atoms with Crippen molar-refractivity contribution in [3.8, 4) is 0 Å². The van der Waals surface area contributed by atoms with Gasteiger partial charge in [-0.2, -0.15) is 11.8 Å². The van der Waals surface area contributed by atoms with E-state index in [-0.39, 0.29) is 17.9 Å². The summed E-state index contributed by atoms with van der Waals surface area (Å²) in [5, 5.41) is 0. The highest BCUT2D eigenvalue weighted by molar-refractivity contribution is 7.98. The summed E-state index contributed by atoms with van der Waals surface area (Å²) in [6, 6.07) is 8.26. The van der Waals surface area contributed by atoms with Gasteiger partial charge in [0.15, 0.2) is 0 Å². The van der Waals surface area contributed by atoms with Gasteiger partial charge in [-0.15, -0.1) is 0 Å². The van der Waals surface area contributed by atoms with Crippen LogP contribution >= 0.6 is 11.8 Å². The lowest BCUT2D eigenvalue weighted by Crippen LogP contribution is -2.33. The zero-order chi connectivity index (χ0) is 13.5. The second-order valence-electron chi connectivity index (χ2n) is 4.46. The van der Waals surface area contributed by atoms with Crippen molar-refractivity contribution in [1.29, 1.82) is 0 Å². The van der Waals surface area contributed by atoms with Gasteiger partial charge in [0, 0.05) is 17.5 Å². The average Bonchev–Trinajstić information content (AvgIpc) is 2.37. The van der Waals surface area contributed by atoms with Crippen LogP contribution in [-0.4, -0.2) is 17.7 Å². The molecule has 0 radical (unpaired) electrons. The van der Waals surface area contributed by atoms with Crippen molar-refractivity contribution in [3.05, 3.63) is 35.4 Å². The first kappa shape index (κ1) is 15.0. The van der Waals surface area contributed by atoms with Crippen molar-refractivity contribution in [2.24, 2.45) is 11.6 Å². The molecule has 0 spiro atoms. The van der Waals surface area contributed by atoms with Gasteiger partial charge in [0.05, 0.1) is 5.92 Å². The van der Waals surface area contributed by atoms with E-state index in [1.165, 1.54) is 5.56 Å². The Hall–Kier alpha value is -1.04. The van der Waals surface area contributed by atoms with Gasteiger partial charge >= 0.3 is 0 Å². The van der Waals surface area contributed by atoms with E-state index in [2.05, 4.69) is 5.43 Å². The maximum absolute atomic E-state index is 11.4. The fourth-order valence-corrected chi connectivity index (χ4v) is 2.46. The number of nitrogens with two attached hydrogens (primary N) is 2. The van der Waals surface area contributed by atoms with Crippen molar-refractivity contribution in [1.82, 2.24) is 5.43 Å². The summed E-state index contributed by atoms with van der Waals surface area (Å²) < 4.78 is 0. The molecule has 0 aliphatic heterocycles. The van der Waals surface area contributed by atoms with Crippen molar-refractivity contribution < 1.29 is 4.79 Å². The van der Waals surface area contributed by atoms with E-state index in [4.69, 9.17) is 11.6 Å². The quantitative estimate of drug-likeness (QED) is 0.413. The number of carbonyl (C=O) groups excluding carboxylic acids is 1. The lowest BCUT2D eigenvalue weighted by atomic mass is 9.99. The van der Waals surface area contributed by atoms with Crippen molar-refractivity contribution >= 4 is 17.7 Å². The number of benzene rings is 1. The molecule has 0 saturated carbocycles. The van der Waals surface area contributed by atoms with Crippen LogP contribution in [-0.2, 0) is 10.5 Å². The Morgan fingerprint density at radius 3 is 2.44 bits per heavy atom. The van der Waals surface area contributed by atoms with Gasteiger partial charge in [-0.3, -0.25) is 10.2 Å². The Labute approximate surface area is 112 Å². The van der Waals surface area contributed by atoms with Crippen molar-refractivity contribution in [2.45, 2.75) is 31.6 Å². The third kappa shape index (κ3) is 4.68. The number of hydrazine groups is 1. The Morgan fingerprint density at radius 2 is 1.94 bits per heavy atom. The van der Waals surface area contributed by atoms with Crippen molar-refractivity contribution in [3.63, 3.8) is 0 Å². The molecule has 100 valence electrons. The minimum absolute atomic E-state index is 0.172. The Morgan fingerprint density at radius 1 is 1.33 bits per heavy atom. The molecule has 5 N–H and O–H groups in total. The highest BCUT2D eigenvalue weighted by Crippen LogP contribution is 2.18. The molecule has 0 heterocycles. The van der Waals surface area contributed by atoms with Crippen LogP contribution in [0.3, 0.4) is 0 Å².